The fraction of sp³-hybridized carbons (Fsp3) is 0.435. The maximum Gasteiger partial charge on any atom is 0.224 e. The van der Waals surface area contributed by atoms with Crippen molar-refractivity contribution >= 4 is 23.0 Å². The van der Waals surface area contributed by atoms with E-state index in [-0.39, 0.29) is 17.1 Å². The number of halogens is 1. The molecule has 5 heteroatoms. The summed E-state index contributed by atoms with van der Waals surface area (Å²) < 4.78 is 13.5. The summed E-state index contributed by atoms with van der Waals surface area (Å²) in [5.41, 5.74) is 6.01. The van der Waals surface area contributed by atoms with Gasteiger partial charge in [-0.1, -0.05) is 26.8 Å². The zero-order valence-corrected chi connectivity index (χ0v) is 17.4. The standard InChI is InChI=1S/C23H30FN3O/c1-15-10-19(11-16(2)22(15)26-21(28)13-23(3,4)5)27-9-8-25-20-12-18(24)7-6-17(20)14-27/h6-7,10-12,25H,8-9,13-14H2,1-5H3,(H,26,28). The number of carbonyl (C=O) groups excluding carboxylic acids is 1. The Morgan fingerprint density at radius 3 is 2.50 bits per heavy atom. The highest BCUT2D eigenvalue weighted by Gasteiger charge is 2.19. The minimum absolute atomic E-state index is 0.0429. The van der Waals surface area contributed by atoms with E-state index in [4.69, 9.17) is 0 Å². The molecule has 0 atom stereocenters. The first kappa shape index (κ1) is 20.2. The Hall–Kier alpha value is -2.56. The molecule has 3 rings (SSSR count). The quantitative estimate of drug-likeness (QED) is 0.761. The largest absolute Gasteiger partial charge is 0.383 e. The Morgan fingerprint density at radius 1 is 1.18 bits per heavy atom. The van der Waals surface area contributed by atoms with E-state index in [1.165, 1.54) is 6.07 Å². The van der Waals surface area contributed by atoms with Crippen molar-refractivity contribution < 1.29 is 9.18 Å². The van der Waals surface area contributed by atoms with Crippen LogP contribution in [0.3, 0.4) is 0 Å². The van der Waals surface area contributed by atoms with Gasteiger partial charge < -0.3 is 15.5 Å². The highest BCUT2D eigenvalue weighted by Crippen LogP contribution is 2.31. The molecule has 1 heterocycles. The molecule has 0 fully saturated rings. The molecule has 0 unspecified atom stereocenters. The van der Waals surface area contributed by atoms with Crippen LogP contribution in [0.1, 0.15) is 43.9 Å². The number of nitrogens with zero attached hydrogens (tertiary/aromatic N) is 1. The second kappa shape index (κ2) is 7.82. The van der Waals surface area contributed by atoms with E-state index in [0.29, 0.717) is 6.42 Å². The van der Waals surface area contributed by atoms with E-state index in [0.717, 1.165) is 53.4 Å². The molecule has 4 nitrogen and oxygen atoms in total. The normalized spacial score (nSPS) is 14.1. The topological polar surface area (TPSA) is 44.4 Å². The molecule has 2 aromatic carbocycles. The third-order valence-corrected chi connectivity index (χ3v) is 4.97. The molecule has 0 spiro atoms. The maximum atomic E-state index is 13.5. The second-order valence-electron chi connectivity index (χ2n) is 8.89. The average Bonchev–Trinajstić information content (AvgIpc) is 2.78. The highest BCUT2D eigenvalue weighted by molar-refractivity contribution is 5.93. The van der Waals surface area contributed by atoms with Gasteiger partial charge in [0.25, 0.3) is 0 Å². The molecule has 0 saturated heterocycles. The lowest BCUT2D eigenvalue weighted by molar-refractivity contribution is -0.117. The Labute approximate surface area is 167 Å². The van der Waals surface area contributed by atoms with Crippen LogP contribution in [0, 0.1) is 25.1 Å². The molecule has 1 amide bonds. The van der Waals surface area contributed by atoms with E-state index < -0.39 is 0 Å². The summed E-state index contributed by atoms with van der Waals surface area (Å²) in [4.78, 5) is 14.7. The third-order valence-electron chi connectivity index (χ3n) is 4.97. The summed E-state index contributed by atoms with van der Waals surface area (Å²) in [7, 11) is 0. The summed E-state index contributed by atoms with van der Waals surface area (Å²) in [6, 6.07) is 9.15. The van der Waals surface area contributed by atoms with E-state index in [2.05, 4.69) is 48.4 Å². The summed E-state index contributed by atoms with van der Waals surface area (Å²) in [5.74, 6) is -0.178. The molecule has 1 aliphatic rings. The summed E-state index contributed by atoms with van der Waals surface area (Å²) in [6.07, 6.45) is 0.485. The highest BCUT2D eigenvalue weighted by atomic mass is 19.1. The minimum atomic E-state index is -0.221. The summed E-state index contributed by atoms with van der Waals surface area (Å²) in [6.45, 7) is 12.5. The fourth-order valence-corrected chi connectivity index (χ4v) is 3.67. The second-order valence-corrected chi connectivity index (χ2v) is 8.89. The predicted molar refractivity (Wildman–Crippen MR) is 115 cm³/mol. The minimum Gasteiger partial charge on any atom is -0.383 e. The fourth-order valence-electron chi connectivity index (χ4n) is 3.67. The molecule has 2 aromatic rings. The van der Waals surface area contributed by atoms with Gasteiger partial charge in [0.2, 0.25) is 5.91 Å². The monoisotopic (exact) mass is 383 g/mol. The molecule has 0 saturated carbocycles. The third kappa shape index (κ3) is 4.83. The Morgan fingerprint density at radius 2 is 1.86 bits per heavy atom. The number of aryl methyl sites for hydroxylation is 2. The first-order valence-electron chi connectivity index (χ1n) is 9.81. The van der Waals surface area contributed by atoms with Gasteiger partial charge in [0.15, 0.2) is 0 Å². The van der Waals surface area contributed by atoms with Gasteiger partial charge in [0.05, 0.1) is 0 Å². The van der Waals surface area contributed by atoms with Gasteiger partial charge in [0, 0.05) is 43.1 Å². The molecular formula is C23H30FN3O. The van der Waals surface area contributed by atoms with E-state index in [1.807, 2.05) is 19.9 Å². The number of benzene rings is 2. The molecule has 0 aromatic heterocycles. The molecule has 0 aliphatic carbocycles. The van der Waals surface area contributed by atoms with Crippen LogP contribution in [0.25, 0.3) is 0 Å². The molecule has 0 bridgehead atoms. The number of carbonyl (C=O) groups is 1. The number of hydrogen-bond donors (Lipinski definition) is 2. The van der Waals surface area contributed by atoms with Crippen molar-refractivity contribution in [1.29, 1.82) is 0 Å². The SMILES string of the molecule is Cc1cc(N2CCNc3cc(F)ccc3C2)cc(C)c1NC(=O)CC(C)(C)C. The lowest BCUT2D eigenvalue weighted by Crippen LogP contribution is -2.26. The van der Waals surface area contributed by atoms with Crippen molar-refractivity contribution in [2.24, 2.45) is 5.41 Å². The van der Waals surface area contributed by atoms with Crippen LogP contribution in [0.2, 0.25) is 0 Å². The predicted octanol–water partition coefficient (Wildman–Crippen LogP) is 5.25. The molecule has 0 radical (unpaired) electrons. The first-order chi connectivity index (χ1) is 13.1. The molecule has 2 N–H and O–H groups in total. The van der Waals surface area contributed by atoms with E-state index >= 15 is 0 Å². The zero-order chi connectivity index (χ0) is 20.5. The van der Waals surface area contributed by atoms with Gasteiger partial charge >= 0.3 is 0 Å². The van der Waals surface area contributed by atoms with Gasteiger partial charge in [-0.15, -0.1) is 0 Å². The smallest absolute Gasteiger partial charge is 0.224 e. The van der Waals surface area contributed by atoms with Crippen LogP contribution >= 0.6 is 0 Å². The number of rotatable bonds is 3. The van der Waals surface area contributed by atoms with Gasteiger partial charge in [-0.05, 0) is 60.2 Å². The molecule has 28 heavy (non-hydrogen) atoms. The Bertz CT molecular complexity index is 863. The Balaban J connectivity index is 1.82. The number of nitrogens with one attached hydrogen (secondary N) is 2. The summed E-state index contributed by atoms with van der Waals surface area (Å²) >= 11 is 0. The van der Waals surface area contributed by atoms with Crippen molar-refractivity contribution in [3.8, 4) is 0 Å². The van der Waals surface area contributed by atoms with Crippen LogP contribution in [-0.2, 0) is 11.3 Å². The van der Waals surface area contributed by atoms with Gasteiger partial charge in [-0.3, -0.25) is 4.79 Å². The zero-order valence-electron chi connectivity index (χ0n) is 17.4. The van der Waals surface area contributed by atoms with Crippen LogP contribution in [-0.4, -0.2) is 19.0 Å². The number of fused-ring (bicyclic) bond motifs is 1. The van der Waals surface area contributed by atoms with Crippen LogP contribution in [0.15, 0.2) is 30.3 Å². The van der Waals surface area contributed by atoms with Crippen LogP contribution < -0.4 is 15.5 Å². The molecule has 150 valence electrons. The number of amides is 1. The lowest BCUT2D eigenvalue weighted by Gasteiger charge is -2.25. The van der Waals surface area contributed by atoms with E-state index in [9.17, 15) is 9.18 Å². The number of hydrogen-bond acceptors (Lipinski definition) is 3. The van der Waals surface area contributed by atoms with Crippen molar-refractivity contribution in [1.82, 2.24) is 0 Å². The lowest BCUT2D eigenvalue weighted by atomic mass is 9.92. The average molecular weight is 384 g/mol. The Kier molecular flexibility index (Phi) is 5.64. The van der Waals surface area contributed by atoms with Gasteiger partial charge in [0.1, 0.15) is 5.82 Å². The summed E-state index contributed by atoms with van der Waals surface area (Å²) in [5, 5.41) is 6.40. The van der Waals surface area contributed by atoms with Gasteiger partial charge in [-0.25, -0.2) is 4.39 Å². The van der Waals surface area contributed by atoms with Crippen molar-refractivity contribution in [3.05, 3.63) is 52.8 Å². The molecular weight excluding hydrogens is 353 g/mol. The van der Waals surface area contributed by atoms with Crippen molar-refractivity contribution in [2.45, 2.75) is 47.6 Å². The first-order valence-corrected chi connectivity index (χ1v) is 9.81. The molecule has 1 aliphatic heterocycles. The van der Waals surface area contributed by atoms with Crippen molar-refractivity contribution in [2.75, 3.05) is 28.6 Å². The van der Waals surface area contributed by atoms with Crippen molar-refractivity contribution in [3.63, 3.8) is 0 Å². The maximum absolute atomic E-state index is 13.5. The van der Waals surface area contributed by atoms with E-state index in [1.54, 1.807) is 6.07 Å². The van der Waals surface area contributed by atoms with Gasteiger partial charge in [-0.2, -0.15) is 0 Å². The van der Waals surface area contributed by atoms with Crippen LogP contribution in [0.4, 0.5) is 21.5 Å². The number of anilines is 3. The van der Waals surface area contributed by atoms with Crippen LogP contribution in [0.5, 0.6) is 0 Å².